The second-order valence-corrected chi connectivity index (χ2v) is 19.3. The number of nitrogens with two attached hydrogens (primary N) is 2. The third-order valence-electron chi connectivity index (χ3n) is 9.76. The van der Waals surface area contributed by atoms with Gasteiger partial charge in [0, 0.05) is 13.1 Å². The lowest BCUT2D eigenvalue weighted by Gasteiger charge is -2.50. The number of carbonyl (C=O) groups is 5. The average Bonchev–Trinajstić information content (AvgIpc) is 3.14. The molecule has 1 saturated heterocycles. The third kappa shape index (κ3) is 16.4. The minimum Gasteiger partial charge on any atom is -0.466 e. The zero-order valence-corrected chi connectivity index (χ0v) is 38.5. The van der Waals surface area contributed by atoms with Crippen LogP contribution in [0, 0.1) is 0 Å². The molecule has 13 atom stereocenters. The van der Waals surface area contributed by atoms with Gasteiger partial charge in [-0.25, -0.2) is 14.4 Å². The summed E-state index contributed by atoms with van der Waals surface area (Å²) < 4.78 is 39.8. The lowest BCUT2D eigenvalue weighted by Crippen LogP contribution is -2.70. The van der Waals surface area contributed by atoms with Crippen molar-refractivity contribution in [2.24, 2.45) is 11.5 Å². The van der Waals surface area contributed by atoms with Crippen LogP contribution in [0.4, 0.5) is 14.4 Å². The van der Waals surface area contributed by atoms with Crippen molar-refractivity contribution in [1.29, 1.82) is 0 Å². The predicted octanol–water partition coefficient (Wildman–Crippen LogP) is -2.12. The van der Waals surface area contributed by atoms with Crippen molar-refractivity contribution in [2.45, 2.75) is 178 Å². The lowest BCUT2D eigenvalue weighted by atomic mass is 9.83. The summed E-state index contributed by atoms with van der Waals surface area (Å²) >= 11 is 0. The van der Waals surface area contributed by atoms with Crippen LogP contribution in [0.2, 0.25) is 0 Å². The van der Waals surface area contributed by atoms with Gasteiger partial charge in [0.1, 0.15) is 64.8 Å². The third-order valence-corrected chi connectivity index (χ3v) is 9.76. The van der Waals surface area contributed by atoms with Gasteiger partial charge in [0.05, 0.1) is 44.4 Å². The van der Waals surface area contributed by atoms with Gasteiger partial charge in [-0.3, -0.25) is 9.59 Å². The summed E-state index contributed by atoms with van der Waals surface area (Å²) in [4.78, 5) is 64.2. The summed E-state index contributed by atoms with van der Waals surface area (Å²) in [5.74, 6) is -1.68. The first kappa shape index (κ1) is 54.2. The number of alkyl carbamates (subject to hydrolysis) is 2. The Morgan fingerprint density at radius 3 is 1.84 bits per heavy atom. The maximum atomic E-state index is 13.3. The standard InChI is InChI=1S/C40H71N7O17/c1-37(2,3)62-34(54)44-16-23(48)30(52)43-15-19-12-13-20(41)32(59-19)60-27-21(42)14-22(46-31(53)24(49)17-45-35(55)63-38(4,5)6)28(25(27)50)61-33-26(51)29(40(10,57)18-58-33)47(11)36(56)64-39(7,8)9/h12,20-29,32-33,48-51,57H,13-18,41-42H2,1-11H3,(H,43,52)(H,44,54)(H,45,55)(H,46,53)/t20-,21+,22-,23?,24+,25+,26-,27-,28+,29-,32-,33-,40+/m1/s1. The van der Waals surface area contributed by atoms with Gasteiger partial charge in [0.25, 0.3) is 11.8 Å². The van der Waals surface area contributed by atoms with E-state index < -0.39 is 146 Å². The molecule has 1 aliphatic carbocycles. The molecule has 24 heteroatoms. The lowest BCUT2D eigenvalue weighted by molar-refractivity contribution is -0.310. The Morgan fingerprint density at radius 2 is 1.31 bits per heavy atom. The number of aliphatic hydroxyl groups excluding tert-OH is 4. The van der Waals surface area contributed by atoms with E-state index in [9.17, 15) is 49.5 Å². The van der Waals surface area contributed by atoms with Crippen LogP contribution in [0.25, 0.3) is 0 Å². The van der Waals surface area contributed by atoms with E-state index in [-0.39, 0.29) is 25.1 Å². The number of likely N-dealkylation sites (N-methyl/N-ethyl adjacent to an activating group) is 1. The Labute approximate surface area is 372 Å². The molecule has 2 aliphatic heterocycles. The van der Waals surface area contributed by atoms with Crippen molar-refractivity contribution in [3.8, 4) is 0 Å². The average molecular weight is 922 g/mol. The van der Waals surface area contributed by atoms with Gasteiger partial charge in [-0.1, -0.05) is 0 Å². The molecule has 368 valence electrons. The number of nitrogens with zero attached hydrogens (tertiary/aromatic N) is 1. The fourth-order valence-electron chi connectivity index (χ4n) is 6.86. The van der Waals surface area contributed by atoms with Gasteiger partial charge in [-0.05, 0) is 88.2 Å². The first-order chi connectivity index (χ1) is 29.3. The molecule has 5 amide bonds. The number of rotatable bonds is 14. The van der Waals surface area contributed by atoms with Crippen molar-refractivity contribution < 1.29 is 82.7 Å². The first-order valence-corrected chi connectivity index (χ1v) is 21.0. The molecule has 0 aromatic heterocycles. The number of carbonyl (C=O) groups excluding carboxylic acids is 5. The van der Waals surface area contributed by atoms with Gasteiger partial charge >= 0.3 is 18.3 Å². The summed E-state index contributed by atoms with van der Waals surface area (Å²) in [6.07, 6.45) is -13.9. The van der Waals surface area contributed by atoms with Crippen molar-refractivity contribution >= 4 is 30.1 Å². The fourth-order valence-corrected chi connectivity index (χ4v) is 6.86. The molecule has 2 heterocycles. The Bertz CT molecular complexity index is 1650. The number of aliphatic hydroxyl groups is 5. The van der Waals surface area contributed by atoms with Gasteiger partial charge < -0.3 is 96.3 Å². The van der Waals surface area contributed by atoms with E-state index in [1.165, 1.54) is 14.0 Å². The van der Waals surface area contributed by atoms with E-state index in [0.717, 1.165) is 4.90 Å². The van der Waals surface area contributed by atoms with E-state index in [1.807, 2.05) is 0 Å². The monoisotopic (exact) mass is 921 g/mol. The fraction of sp³-hybridized carbons (Fsp3) is 0.825. The molecule has 13 N–H and O–H groups in total. The van der Waals surface area contributed by atoms with Crippen molar-refractivity contribution in [1.82, 2.24) is 26.2 Å². The van der Waals surface area contributed by atoms with E-state index in [4.69, 9.17) is 44.6 Å². The first-order valence-electron chi connectivity index (χ1n) is 21.0. The summed E-state index contributed by atoms with van der Waals surface area (Å²) in [5.41, 5.74) is 8.47. The van der Waals surface area contributed by atoms with Crippen LogP contribution in [-0.4, -0.2) is 190 Å². The van der Waals surface area contributed by atoms with Crippen LogP contribution in [0.5, 0.6) is 0 Å². The van der Waals surface area contributed by atoms with Crippen molar-refractivity contribution in [3.05, 3.63) is 11.8 Å². The van der Waals surface area contributed by atoms with Gasteiger partial charge in [0.2, 0.25) is 6.29 Å². The molecule has 0 aromatic rings. The highest BCUT2D eigenvalue weighted by atomic mass is 16.7. The molecule has 0 spiro atoms. The molecule has 0 bridgehead atoms. The Hall–Kier alpha value is -4.11. The minimum atomic E-state index is -1.84. The van der Waals surface area contributed by atoms with Crippen LogP contribution in [-0.2, 0) is 42.7 Å². The number of hydrogen-bond acceptors (Lipinski definition) is 19. The van der Waals surface area contributed by atoms with E-state index >= 15 is 0 Å². The van der Waals surface area contributed by atoms with Crippen LogP contribution in [0.3, 0.4) is 0 Å². The summed E-state index contributed by atoms with van der Waals surface area (Å²) in [5, 5.41) is 65.5. The molecule has 2 fully saturated rings. The van der Waals surface area contributed by atoms with E-state index in [2.05, 4.69) is 21.3 Å². The molecular formula is C40H71N7O17. The second kappa shape index (κ2) is 21.9. The number of amides is 5. The topological polar surface area (TPSA) is 355 Å². The minimum absolute atomic E-state index is 0.166. The highest BCUT2D eigenvalue weighted by Gasteiger charge is 2.54. The SMILES string of the molecule is CN(C(=O)OC(C)(C)C)[C@@H]1[C@@H](O)[C@@H](O[C@@H]2[C@@H](O)[C@H](O[C@H]3OC(CNC(=O)C(O)CNC(=O)OC(C)(C)C)=CC[C@H]3N)[C@@H](N)C[C@H]2NC(=O)[C@@H](O)CNC(=O)OC(C)(C)C)OC[C@]1(C)O. The zero-order valence-electron chi connectivity index (χ0n) is 38.5. The maximum Gasteiger partial charge on any atom is 0.410 e. The second-order valence-electron chi connectivity index (χ2n) is 19.3. The molecule has 3 rings (SSSR count). The van der Waals surface area contributed by atoms with Crippen LogP contribution in [0.15, 0.2) is 11.8 Å². The Balaban J connectivity index is 1.80. The van der Waals surface area contributed by atoms with Gasteiger partial charge in [-0.15, -0.1) is 0 Å². The highest BCUT2D eigenvalue weighted by Crippen LogP contribution is 2.34. The van der Waals surface area contributed by atoms with E-state index in [0.29, 0.717) is 0 Å². The zero-order chi connectivity index (χ0) is 48.7. The van der Waals surface area contributed by atoms with Crippen molar-refractivity contribution in [2.75, 3.05) is 33.3 Å². The number of ether oxygens (including phenoxy) is 7. The summed E-state index contributed by atoms with van der Waals surface area (Å²) in [6, 6.07) is -4.52. The molecule has 3 aliphatic rings. The Morgan fingerprint density at radius 1 is 0.797 bits per heavy atom. The molecule has 0 aromatic carbocycles. The highest BCUT2D eigenvalue weighted by molar-refractivity contribution is 5.82. The molecule has 0 radical (unpaired) electrons. The Kier molecular flexibility index (Phi) is 18.6. The summed E-state index contributed by atoms with van der Waals surface area (Å²) in [6.45, 7) is 14.4. The smallest absolute Gasteiger partial charge is 0.410 e. The largest absolute Gasteiger partial charge is 0.466 e. The predicted molar refractivity (Wildman–Crippen MR) is 223 cm³/mol. The van der Waals surface area contributed by atoms with E-state index in [1.54, 1.807) is 68.4 Å². The van der Waals surface area contributed by atoms with Crippen LogP contribution >= 0.6 is 0 Å². The number of hydrogen-bond donors (Lipinski definition) is 11. The quantitative estimate of drug-likeness (QED) is 0.0830. The normalized spacial score (nSPS) is 30.9. The molecule has 1 unspecified atom stereocenters. The summed E-state index contributed by atoms with van der Waals surface area (Å²) in [7, 11) is 1.31. The maximum absolute atomic E-state index is 13.3. The van der Waals surface area contributed by atoms with Crippen LogP contribution < -0.4 is 32.7 Å². The molecule has 1 saturated carbocycles. The van der Waals surface area contributed by atoms with Crippen molar-refractivity contribution in [3.63, 3.8) is 0 Å². The number of nitrogens with one attached hydrogen (secondary N) is 4. The van der Waals surface area contributed by atoms with Gasteiger partial charge in [0.15, 0.2) is 6.29 Å². The van der Waals surface area contributed by atoms with Gasteiger partial charge in [-0.2, -0.15) is 0 Å². The molecular weight excluding hydrogens is 850 g/mol. The molecule has 64 heavy (non-hydrogen) atoms. The van der Waals surface area contributed by atoms with Crippen LogP contribution in [0.1, 0.15) is 82.1 Å². The molecule has 24 nitrogen and oxygen atoms in total.